The molecule has 31 heavy (non-hydrogen) atoms. The van der Waals surface area contributed by atoms with Crippen molar-refractivity contribution in [2.45, 2.75) is 51.7 Å². The Morgan fingerprint density at radius 1 is 1.26 bits per heavy atom. The van der Waals surface area contributed by atoms with E-state index in [-0.39, 0.29) is 29.0 Å². The van der Waals surface area contributed by atoms with E-state index in [2.05, 4.69) is 9.72 Å². The normalized spacial score (nSPS) is 17.6. The number of rotatable bonds is 8. The first-order valence-electron chi connectivity index (χ1n) is 10.7. The number of alkyl halides is 2. The second-order valence-electron chi connectivity index (χ2n) is 8.17. The molecule has 7 nitrogen and oxygen atoms in total. The van der Waals surface area contributed by atoms with Gasteiger partial charge in [0.05, 0.1) is 12.6 Å². The van der Waals surface area contributed by atoms with Crippen LogP contribution in [0.5, 0.6) is 11.5 Å². The number of nitrogens with zero attached hydrogens (tertiary/aromatic N) is 2. The second-order valence-corrected chi connectivity index (χ2v) is 8.17. The summed E-state index contributed by atoms with van der Waals surface area (Å²) in [5.41, 5.74) is 6.72. The number of amides is 1. The molecule has 1 aromatic heterocycles. The van der Waals surface area contributed by atoms with Crippen molar-refractivity contribution in [3.63, 3.8) is 0 Å². The van der Waals surface area contributed by atoms with Gasteiger partial charge in [-0.3, -0.25) is 4.79 Å². The highest BCUT2D eigenvalue weighted by Crippen LogP contribution is 2.37. The maximum absolute atomic E-state index is 13.0. The van der Waals surface area contributed by atoms with Gasteiger partial charge in [-0.25, -0.2) is 4.98 Å². The summed E-state index contributed by atoms with van der Waals surface area (Å²) in [5.74, 6) is 0.858. The van der Waals surface area contributed by atoms with Crippen LogP contribution in [-0.4, -0.2) is 42.1 Å². The third kappa shape index (κ3) is 5.15. The molecule has 1 saturated heterocycles. The number of hydrogen-bond donors (Lipinski definition) is 1. The molecule has 2 fully saturated rings. The van der Waals surface area contributed by atoms with Crippen LogP contribution in [0.2, 0.25) is 0 Å². The lowest BCUT2D eigenvalue weighted by Crippen LogP contribution is -2.36. The number of ether oxygens (including phenoxy) is 2. The van der Waals surface area contributed by atoms with Crippen molar-refractivity contribution in [3.8, 4) is 23.0 Å². The standard InChI is InChI=1S/C22H27F2N3O4/c1-13(25)19-18(21(28)27-9-3-2-4-10-27)26-20(31-19)15-7-8-16(30-22(23)24)17(11-15)29-12-14-5-6-14/h7-8,11,13-14,22H,2-6,9-10,12,25H2,1H3. The van der Waals surface area contributed by atoms with Crippen LogP contribution in [0.15, 0.2) is 22.6 Å². The first-order chi connectivity index (χ1) is 14.9. The van der Waals surface area contributed by atoms with Gasteiger partial charge in [0.25, 0.3) is 5.91 Å². The number of carbonyl (C=O) groups excluding carboxylic acids is 1. The van der Waals surface area contributed by atoms with E-state index < -0.39 is 12.7 Å². The quantitative estimate of drug-likeness (QED) is 0.662. The molecule has 2 N–H and O–H groups in total. The van der Waals surface area contributed by atoms with Crippen LogP contribution in [0.4, 0.5) is 8.78 Å². The number of nitrogens with two attached hydrogens (primary N) is 1. The Balaban J connectivity index is 1.64. The molecule has 1 aromatic carbocycles. The summed E-state index contributed by atoms with van der Waals surface area (Å²) in [6.45, 7) is 0.546. The predicted octanol–water partition coefficient (Wildman–Crippen LogP) is 4.38. The highest BCUT2D eigenvalue weighted by molar-refractivity contribution is 5.94. The molecule has 0 bridgehead atoms. The van der Waals surface area contributed by atoms with Gasteiger partial charge in [0, 0.05) is 18.7 Å². The first kappa shape index (κ1) is 21.5. The highest BCUT2D eigenvalue weighted by Gasteiger charge is 2.29. The largest absolute Gasteiger partial charge is 0.489 e. The third-order valence-electron chi connectivity index (χ3n) is 5.49. The number of likely N-dealkylation sites (tertiary alicyclic amines) is 1. The minimum atomic E-state index is -2.96. The second kappa shape index (κ2) is 9.21. The van der Waals surface area contributed by atoms with Gasteiger partial charge in [-0.1, -0.05) is 0 Å². The van der Waals surface area contributed by atoms with Crippen LogP contribution in [0.25, 0.3) is 11.5 Å². The zero-order valence-corrected chi connectivity index (χ0v) is 17.5. The number of piperidine rings is 1. The Morgan fingerprint density at radius 2 is 2.00 bits per heavy atom. The van der Waals surface area contributed by atoms with E-state index in [4.69, 9.17) is 14.9 Å². The van der Waals surface area contributed by atoms with Crippen molar-refractivity contribution in [2.24, 2.45) is 11.7 Å². The molecule has 1 saturated carbocycles. The number of carbonyl (C=O) groups is 1. The number of benzene rings is 1. The van der Waals surface area contributed by atoms with Gasteiger partial charge in [0.2, 0.25) is 5.89 Å². The topological polar surface area (TPSA) is 90.8 Å². The van der Waals surface area contributed by atoms with Crippen molar-refractivity contribution in [1.29, 1.82) is 0 Å². The number of hydrogen-bond acceptors (Lipinski definition) is 6. The van der Waals surface area contributed by atoms with E-state index in [9.17, 15) is 13.6 Å². The molecule has 1 aliphatic carbocycles. The Labute approximate surface area is 179 Å². The van der Waals surface area contributed by atoms with Crippen molar-refractivity contribution < 1.29 is 27.5 Å². The maximum atomic E-state index is 13.0. The minimum absolute atomic E-state index is 0.0528. The minimum Gasteiger partial charge on any atom is -0.489 e. The molecule has 1 atom stereocenters. The summed E-state index contributed by atoms with van der Waals surface area (Å²) < 4.78 is 41.7. The predicted molar refractivity (Wildman–Crippen MR) is 109 cm³/mol. The van der Waals surface area contributed by atoms with Gasteiger partial charge in [-0.05, 0) is 63.1 Å². The van der Waals surface area contributed by atoms with Crippen LogP contribution in [0, 0.1) is 5.92 Å². The fourth-order valence-electron chi connectivity index (χ4n) is 3.60. The number of halogens is 2. The average molecular weight is 435 g/mol. The van der Waals surface area contributed by atoms with E-state index in [1.807, 2.05) is 0 Å². The summed E-state index contributed by atoms with van der Waals surface area (Å²) in [6.07, 6.45) is 5.13. The van der Waals surface area contributed by atoms with E-state index in [0.29, 0.717) is 36.9 Å². The smallest absolute Gasteiger partial charge is 0.387 e. The summed E-state index contributed by atoms with van der Waals surface area (Å²) in [4.78, 5) is 19.2. The van der Waals surface area contributed by atoms with Crippen LogP contribution >= 0.6 is 0 Å². The van der Waals surface area contributed by atoms with Crippen molar-refractivity contribution in [1.82, 2.24) is 9.88 Å². The molecule has 1 aliphatic heterocycles. The molecular weight excluding hydrogens is 408 g/mol. The molecule has 168 valence electrons. The summed E-state index contributed by atoms with van der Waals surface area (Å²) in [7, 11) is 0. The lowest BCUT2D eigenvalue weighted by Gasteiger charge is -2.26. The molecule has 2 aliphatic rings. The summed E-state index contributed by atoms with van der Waals surface area (Å²) in [5, 5.41) is 0. The molecule has 2 heterocycles. The molecule has 1 unspecified atom stereocenters. The Morgan fingerprint density at radius 3 is 2.65 bits per heavy atom. The van der Waals surface area contributed by atoms with Gasteiger partial charge in [-0.2, -0.15) is 8.78 Å². The summed E-state index contributed by atoms with van der Waals surface area (Å²) >= 11 is 0. The van der Waals surface area contributed by atoms with Crippen molar-refractivity contribution in [3.05, 3.63) is 29.7 Å². The van der Waals surface area contributed by atoms with E-state index in [0.717, 1.165) is 32.1 Å². The number of oxazole rings is 1. The molecule has 2 aromatic rings. The first-order valence-corrected chi connectivity index (χ1v) is 10.7. The maximum Gasteiger partial charge on any atom is 0.387 e. The monoisotopic (exact) mass is 435 g/mol. The van der Waals surface area contributed by atoms with Gasteiger partial charge in [-0.15, -0.1) is 0 Å². The molecule has 9 heteroatoms. The Hall–Kier alpha value is -2.68. The SMILES string of the molecule is CC(N)c1oc(-c2ccc(OC(F)F)c(OCC3CC3)c2)nc1C(=O)N1CCCCC1. The van der Waals surface area contributed by atoms with E-state index >= 15 is 0 Å². The zero-order valence-electron chi connectivity index (χ0n) is 17.5. The van der Waals surface area contributed by atoms with Crippen molar-refractivity contribution in [2.75, 3.05) is 19.7 Å². The van der Waals surface area contributed by atoms with E-state index in [1.165, 1.54) is 6.07 Å². The van der Waals surface area contributed by atoms with E-state index in [1.54, 1.807) is 24.0 Å². The lowest BCUT2D eigenvalue weighted by molar-refractivity contribution is -0.0515. The van der Waals surface area contributed by atoms with Crippen molar-refractivity contribution >= 4 is 5.91 Å². The third-order valence-corrected chi connectivity index (χ3v) is 5.49. The Kier molecular flexibility index (Phi) is 6.41. The fourth-order valence-corrected chi connectivity index (χ4v) is 3.60. The molecule has 4 rings (SSSR count). The molecule has 0 spiro atoms. The van der Waals surface area contributed by atoms with Crippen LogP contribution in [0.1, 0.15) is 61.3 Å². The Bertz CT molecular complexity index is 921. The average Bonchev–Trinajstić information content (AvgIpc) is 3.48. The molecular formula is C22H27F2N3O4. The highest BCUT2D eigenvalue weighted by atomic mass is 19.3. The van der Waals surface area contributed by atoms with Crippen LogP contribution in [0.3, 0.4) is 0 Å². The molecule has 0 radical (unpaired) electrons. The van der Waals surface area contributed by atoms with Gasteiger partial charge < -0.3 is 24.5 Å². The summed E-state index contributed by atoms with van der Waals surface area (Å²) in [6, 6.07) is 3.96. The lowest BCUT2D eigenvalue weighted by atomic mass is 10.1. The number of aromatic nitrogens is 1. The van der Waals surface area contributed by atoms with Crippen LogP contribution < -0.4 is 15.2 Å². The molecule has 1 amide bonds. The fraction of sp³-hybridized carbons (Fsp3) is 0.545. The van der Waals surface area contributed by atoms with Gasteiger partial charge in [0.15, 0.2) is 23.0 Å². The van der Waals surface area contributed by atoms with Crippen LogP contribution in [-0.2, 0) is 0 Å². The van der Waals surface area contributed by atoms with Gasteiger partial charge >= 0.3 is 6.61 Å². The zero-order chi connectivity index (χ0) is 22.0. The van der Waals surface area contributed by atoms with Gasteiger partial charge in [0.1, 0.15) is 0 Å².